The highest BCUT2D eigenvalue weighted by Crippen LogP contribution is 2.41. The van der Waals surface area contributed by atoms with Gasteiger partial charge < -0.3 is 9.73 Å². The van der Waals surface area contributed by atoms with Crippen molar-refractivity contribution in [2.24, 2.45) is 0 Å². The molecule has 1 atom stereocenters. The smallest absolute Gasteiger partial charge is 0.325 e. The van der Waals surface area contributed by atoms with Gasteiger partial charge in [-0.25, -0.2) is 14.2 Å². The number of halogens is 1. The predicted octanol–water partition coefficient (Wildman–Crippen LogP) is 3.37. The summed E-state index contributed by atoms with van der Waals surface area (Å²) in [6.07, 6.45) is 2.78. The van der Waals surface area contributed by atoms with E-state index in [9.17, 15) is 14.0 Å². The van der Waals surface area contributed by atoms with Gasteiger partial charge in [0.25, 0.3) is 5.91 Å². The van der Waals surface area contributed by atoms with Crippen LogP contribution < -0.4 is 5.32 Å². The maximum atomic E-state index is 13.2. The first kappa shape index (κ1) is 16.7. The molecule has 1 saturated heterocycles. The van der Waals surface area contributed by atoms with Gasteiger partial charge in [-0.05, 0) is 48.2 Å². The van der Waals surface area contributed by atoms with Gasteiger partial charge in [0, 0.05) is 5.56 Å². The molecule has 1 aromatic heterocycles. The summed E-state index contributed by atoms with van der Waals surface area (Å²) in [4.78, 5) is 31.0. The Balaban J connectivity index is 1.40. The fraction of sp³-hybridized carbons (Fsp3) is 0.190. The third kappa shape index (κ3) is 2.43. The minimum atomic E-state index is -1.000. The highest BCUT2D eigenvalue weighted by molar-refractivity contribution is 6.08. The summed E-state index contributed by atoms with van der Waals surface area (Å²) in [5.74, 6) is 0.0584. The van der Waals surface area contributed by atoms with E-state index in [0.717, 1.165) is 22.4 Å². The van der Waals surface area contributed by atoms with Crippen LogP contribution in [0, 0.1) is 5.82 Å². The minimum Gasteiger partial charge on any atom is -0.439 e. The first-order valence-electron chi connectivity index (χ1n) is 9.00. The van der Waals surface area contributed by atoms with Crippen LogP contribution in [0.25, 0.3) is 11.3 Å². The van der Waals surface area contributed by atoms with E-state index in [-0.39, 0.29) is 24.2 Å². The molecule has 5 rings (SSSR count). The molecule has 2 aromatic carbocycles. The van der Waals surface area contributed by atoms with Gasteiger partial charge in [0.1, 0.15) is 17.9 Å². The molecular formula is C21H16FN3O3. The van der Waals surface area contributed by atoms with E-state index in [1.807, 2.05) is 24.3 Å². The molecule has 3 aromatic rings. The zero-order valence-corrected chi connectivity index (χ0v) is 14.8. The summed E-state index contributed by atoms with van der Waals surface area (Å²) in [6.45, 7) is -0.0597. The number of nitrogens with one attached hydrogen (secondary N) is 1. The Morgan fingerprint density at radius 1 is 1.14 bits per heavy atom. The molecule has 1 fully saturated rings. The normalized spacial score (nSPS) is 20.7. The summed E-state index contributed by atoms with van der Waals surface area (Å²) in [6, 6.07) is 13.0. The third-order valence-corrected chi connectivity index (χ3v) is 5.40. The largest absolute Gasteiger partial charge is 0.439 e. The number of benzene rings is 2. The molecular weight excluding hydrogens is 361 g/mol. The number of fused-ring (bicyclic) bond motifs is 2. The van der Waals surface area contributed by atoms with Crippen LogP contribution in [0.1, 0.15) is 23.4 Å². The summed E-state index contributed by atoms with van der Waals surface area (Å²) in [5, 5.41) is 2.88. The second-order valence-corrected chi connectivity index (χ2v) is 7.01. The number of aromatic nitrogens is 1. The van der Waals surface area contributed by atoms with Gasteiger partial charge in [-0.15, -0.1) is 0 Å². The topological polar surface area (TPSA) is 75.4 Å². The zero-order valence-electron chi connectivity index (χ0n) is 14.8. The summed E-state index contributed by atoms with van der Waals surface area (Å²) in [7, 11) is 0. The molecule has 1 N–H and O–H groups in total. The van der Waals surface area contributed by atoms with E-state index in [1.54, 1.807) is 12.1 Å². The molecule has 1 unspecified atom stereocenters. The van der Waals surface area contributed by atoms with Crippen LogP contribution in [-0.2, 0) is 23.3 Å². The lowest BCUT2D eigenvalue weighted by Gasteiger charge is -2.22. The van der Waals surface area contributed by atoms with Gasteiger partial charge in [0.2, 0.25) is 5.89 Å². The molecule has 1 aliphatic carbocycles. The van der Waals surface area contributed by atoms with Crippen LogP contribution in [0.5, 0.6) is 0 Å². The van der Waals surface area contributed by atoms with Crippen molar-refractivity contribution in [2.45, 2.75) is 24.9 Å². The van der Waals surface area contributed by atoms with Crippen molar-refractivity contribution in [1.82, 2.24) is 15.2 Å². The van der Waals surface area contributed by atoms with Crippen LogP contribution in [0.3, 0.4) is 0 Å². The fourth-order valence-corrected chi connectivity index (χ4v) is 4.00. The Morgan fingerprint density at radius 2 is 1.93 bits per heavy atom. The van der Waals surface area contributed by atoms with E-state index in [1.165, 1.54) is 18.3 Å². The maximum absolute atomic E-state index is 13.2. The molecule has 3 amide bonds. The molecule has 1 spiro atoms. The van der Waals surface area contributed by atoms with Gasteiger partial charge in [0.15, 0.2) is 5.76 Å². The van der Waals surface area contributed by atoms with Gasteiger partial charge in [-0.1, -0.05) is 24.3 Å². The fourth-order valence-electron chi connectivity index (χ4n) is 4.00. The molecule has 0 saturated carbocycles. The molecule has 140 valence electrons. The van der Waals surface area contributed by atoms with Crippen LogP contribution >= 0.6 is 0 Å². The monoisotopic (exact) mass is 377 g/mol. The van der Waals surface area contributed by atoms with E-state index in [4.69, 9.17) is 4.42 Å². The molecule has 2 aliphatic rings. The summed E-state index contributed by atoms with van der Waals surface area (Å²) < 4.78 is 18.8. The Hall–Kier alpha value is -3.48. The molecule has 2 heterocycles. The summed E-state index contributed by atoms with van der Waals surface area (Å²) >= 11 is 0. The Labute approximate surface area is 160 Å². The van der Waals surface area contributed by atoms with Crippen LogP contribution in [0.15, 0.2) is 59.1 Å². The first-order valence-corrected chi connectivity index (χ1v) is 9.00. The molecule has 0 bridgehead atoms. The number of urea groups is 1. The molecule has 0 radical (unpaired) electrons. The lowest BCUT2D eigenvalue weighted by molar-refractivity contribution is -0.132. The van der Waals surface area contributed by atoms with Crippen molar-refractivity contribution in [1.29, 1.82) is 0 Å². The first-order chi connectivity index (χ1) is 13.6. The number of carbonyl (C=O) groups excluding carboxylic acids is 2. The van der Waals surface area contributed by atoms with E-state index in [0.29, 0.717) is 17.7 Å². The van der Waals surface area contributed by atoms with Gasteiger partial charge in [0.05, 0.1) is 6.20 Å². The van der Waals surface area contributed by atoms with E-state index >= 15 is 0 Å². The number of imide groups is 1. The number of nitrogens with zero attached hydrogens (tertiary/aromatic N) is 2. The molecule has 28 heavy (non-hydrogen) atoms. The minimum absolute atomic E-state index is 0.0597. The van der Waals surface area contributed by atoms with E-state index in [2.05, 4.69) is 10.3 Å². The zero-order chi connectivity index (χ0) is 19.3. The second kappa shape index (κ2) is 6.02. The predicted molar refractivity (Wildman–Crippen MR) is 97.4 cm³/mol. The Kier molecular flexibility index (Phi) is 3.58. The number of amides is 3. The van der Waals surface area contributed by atoms with Crippen molar-refractivity contribution in [3.8, 4) is 11.3 Å². The number of rotatable bonds is 3. The standard InChI is InChI=1S/C21H16FN3O3/c22-15-7-5-14(6-8-15)17-11-23-18(28-17)12-25-19(26)21(24-20(25)27)10-9-13-3-1-2-4-16(13)21/h1-8,11H,9-10,12H2,(H,24,27). The summed E-state index contributed by atoms with van der Waals surface area (Å²) in [5.41, 5.74) is 1.60. The van der Waals surface area contributed by atoms with Gasteiger partial charge in [-0.3, -0.25) is 9.69 Å². The SMILES string of the molecule is O=C1NC2(CCc3ccccc32)C(=O)N1Cc1ncc(-c2ccc(F)cc2)o1. The average Bonchev–Trinajstić information content (AvgIpc) is 3.37. The van der Waals surface area contributed by atoms with Crippen LogP contribution in [-0.4, -0.2) is 21.8 Å². The lowest BCUT2D eigenvalue weighted by atomic mass is 9.92. The highest BCUT2D eigenvalue weighted by Gasteiger charge is 2.55. The Morgan fingerprint density at radius 3 is 2.75 bits per heavy atom. The molecule has 6 nitrogen and oxygen atoms in total. The number of aryl methyl sites for hydroxylation is 1. The third-order valence-electron chi connectivity index (χ3n) is 5.40. The van der Waals surface area contributed by atoms with Crippen molar-refractivity contribution in [3.63, 3.8) is 0 Å². The quantitative estimate of drug-likeness (QED) is 0.710. The lowest BCUT2D eigenvalue weighted by Crippen LogP contribution is -2.41. The maximum Gasteiger partial charge on any atom is 0.325 e. The van der Waals surface area contributed by atoms with Crippen molar-refractivity contribution >= 4 is 11.9 Å². The second-order valence-electron chi connectivity index (χ2n) is 7.01. The van der Waals surface area contributed by atoms with Gasteiger partial charge in [-0.2, -0.15) is 0 Å². The molecule has 1 aliphatic heterocycles. The highest BCUT2D eigenvalue weighted by atomic mass is 19.1. The number of hydrogen-bond donors (Lipinski definition) is 1. The van der Waals surface area contributed by atoms with Crippen LogP contribution in [0.4, 0.5) is 9.18 Å². The number of hydrogen-bond acceptors (Lipinski definition) is 4. The van der Waals surface area contributed by atoms with E-state index < -0.39 is 11.6 Å². The molecule has 7 heteroatoms. The van der Waals surface area contributed by atoms with Crippen molar-refractivity contribution in [3.05, 3.63) is 77.6 Å². The van der Waals surface area contributed by atoms with Gasteiger partial charge >= 0.3 is 6.03 Å². The van der Waals surface area contributed by atoms with Crippen molar-refractivity contribution < 1.29 is 18.4 Å². The number of oxazole rings is 1. The Bertz CT molecular complexity index is 1090. The van der Waals surface area contributed by atoms with Crippen molar-refractivity contribution in [2.75, 3.05) is 0 Å². The average molecular weight is 377 g/mol. The van der Waals surface area contributed by atoms with Crippen LogP contribution in [0.2, 0.25) is 0 Å². The number of carbonyl (C=O) groups is 2.